The maximum absolute atomic E-state index is 11.8. The highest BCUT2D eigenvalue weighted by atomic mass is 79.9. The van der Waals surface area contributed by atoms with Crippen molar-refractivity contribution in [2.75, 3.05) is 7.11 Å². The number of aliphatic carboxylic acids is 1. The SMILES string of the molecule is COC(=O)C=C1CCC(C(=O)O)(c2ccc(Br)cc2)CC1. The molecule has 1 saturated carbocycles. The molecule has 0 heterocycles. The second-order valence-electron chi connectivity index (χ2n) is 5.22. The Hall–Kier alpha value is -1.62. The van der Waals surface area contributed by atoms with Crippen LogP contribution in [0.3, 0.4) is 0 Å². The molecule has 0 radical (unpaired) electrons. The number of hydrogen-bond acceptors (Lipinski definition) is 3. The van der Waals surface area contributed by atoms with E-state index in [1.54, 1.807) is 0 Å². The molecule has 112 valence electrons. The standard InChI is InChI=1S/C16H17BrO4/c1-21-14(18)10-11-6-8-16(9-7-11,15(19)20)12-2-4-13(17)5-3-12/h2-5,10H,6-9H2,1H3,(H,19,20). The van der Waals surface area contributed by atoms with Crippen molar-refractivity contribution >= 4 is 27.9 Å². The number of hydrogen-bond donors (Lipinski definition) is 1. The van der Waals surface area contributed by atoms with Crippen molar-refractivity contribution in [2.45, 2.75) is 31.1 Å². The molecule has 1 N–H and O–H groups in total. The van der Waals surface area contributed by atoms with Gasteiger partial charge in [0.1, 0.15) is 0 Å². The van der Waals surface area contributed by atoms with Gasteiger partial charge in [-0.2, -0.15) is 0 Å². The van der Waals surface area contributed by atoms with E-state index in [0.29, 0.717) is 25.7 Å². The van der Waals surface area contributed by atoms with Crippen LogP contribution in [-0.2, 0) is 19.7 Å². The van der Waals surface area contributed by atoms with E-state index < -0.39 is 11.4 Å². The summed E-state index contributed by atoms with van der Waals surface area (Å²) in [6.07, 6.45) is 3.65. The molecule has 0 aromatic heterocycles. The number of methoxy groups -OCH3 is 1. The van der Waals surface area contributed by atoms with Crippen molar-refractivity contribution in [1.29, 1.82) is 0 Å². The Morgan fingerprint density at radius 2 is 1.81 bits per heavy atom. The summed E-state index contributed by atoms with van der Waals surface area (Å²) in [5.41, 5.74) is 0.903. The Morgan fingerprint density at radius 3 is 2.29 bits per heavy atom. The van der Waals surface area contributed by atoms with Crippen LogP contribution in [0, 0.1) is 0 Å². The quantitative estimate of drug-likeness (QED) is 0.668. The van der Waals surface area contributed by atoms with Crippen LogP contribution in [0.25, 0.3) is 0 Å². The zero-order valence-electron chi connectivity index (χ0n) is 11.8. The fourth-order valence-electron chi connectivity index (χ4n) is 2.76. The van der Waals surface area contributed by atoms with Crippen molar-refractivity contribution in [3.05, 3.63) is 46.0 Å². The number of ether oxygens (including phenoxy) is 1. The molecule has 1 fully saturated rings. The smallest absolute Gasteiger partial charge is 0.330 e. The zero-order valence-corrected chi connectivity index (χ0v) is 13.4. The highest BCUT2D eigenvalue weighted by Gasteiger charge is 2.42. The third-order valence-electron chi connectivity index (χ3n) is 4.08. The Labute approximate surface area is 131 Å². The lowest BCUT2D eigenvalue weighted by Crippen LogP contribution is -2.38. The summed E-state index contributed by atoms with van der Waals surface area (Å²) in [4.78, 5) is 23.1. The number of carbonyl (C=O) groups excluding carboxylic acids is 1. The fraction of sp³-hybridized carbons (Fsp3) is 0.375. The predicted octanol–water partition coefficient (Wildman–Crippen LogP) is 3.44. The summed E-state index contributed by atoms with van der Waals surface area (Å²) >= 11 is 3.36. The Morgan fingerprint density at radius 1 is 1.24 bits per heavy atom. The molecule has 0 bridgehead atoms. The minimum atomic E-state index is -0.867. The summed E-state index contributed by atoms with van der Waals surface area (Å²) in [6.45, 7) is 0. The summed E-state index contributed by atoms with van der Waals surface area (Å²) in [7, 11) is 1.34. The molecule has 0 aliphatic heterocycles. The molecule has 1 aromatic rings. The number of carbonyl (C=O) groups is 2. The first-order valence-corrected chi connectivity index (χ1v) is 7.54. The second kappa shape index (κ2) is 6.43. The molecule has 1 aliphatic rings. The van der Waals surface area contributed by atoms with Gasteiger partial charge in [-0.05, 0) is 43.4 Å². The Balaban J connectivity index is 2.24. The van der Waals surface area contributed by atoms with E-state index in [0.717, 1.165) is 15.6 Å². The molecule has 1 aliphatic carbocycles. The van der Waals surface area contributed by atoms with E-state index in [-0.39, 0.29) is 5.97 Å². The fourth-order valence-corrected chi connectivity index (χ4v) is 3.03. The summed E-state index contributed by atoms with van der Waals surface area (Å²) < 4.78 is 5.54. The highest BCUT2D eigenvalue weighted by Crippen LogP contribution is 2.42. The maximum atomic E-state index is 11.8. The molecule has 1 aromatic carbocycles. The van der Waals surface area contributed by atoms with E-state index in [1.165, 1.54) is 13.2 Å². The lowest BCUT2D eigenvalue weighted by atomic mass is 9.68. The molecular weight excluding hydrogens is 336 g/mol. The van der Waals surface area contributed by atoms with Crippen LogP contribution in [0.15, 0.2) is 40.4 Å². The number of carboxylic acids is 1. The van der Waals surface area contributed by atoms with Gasteiger partial charge in [0.2, 0.25) is 0 Å². The Bertz CT molecular complexity index is 564. The number of carboxylic acid groups (broad SMARTS) is 1. The zero-order chi connectivity index (χ0) is 15.5. The molecule has 4 nitrogen and oxygen atoms in total. The average molecular weight is 353 g/mol. The molecule has 0 atom stereocenters. The summed E-state index contributed by atoms with van der Waals surface area (Å²) in [5.74, 6) is -1.18. The minimum Gasteiger partial charge on any atom is -0.481 e. The van der Waals surface area contributed by atoms with Crippen molar-refractivity contribution in [3.8, 4) is 0 Å². The lowest BCUT2D eigenvalue weighted by molar-refractivity contribution is -0.144. The summed E-state index contributed by atoms with van der Waals surface area (Å²) in [5, 5.41) is 9.70. The number of esters is 1. The van der Waals surface area contributed by atoms with Gasteiger partial charge < -0.3 is 9.84 Å². The van der Waals surface area contributed by atoms with Gasteiger partial charge in [-0.3, -0.25) is 4.79 Å². The van der Waals surface area contributed by atoms with Crippen molar-refractivity contribution in [3.63, 3.8) is 0 Å². The second-order valence-corrected chi connectivity index (χ2v) is 6.14. The molecule has 0 unspecified atom stereocenters. The van der Waals surface area contributed by atoms with Crippen LogP contribution < -0.4 is 0 Å². The predicted molar refractivity (Wildman–Crippen MR) is 82.0 cm³/mol. The van der Waals surface area contributed by atoms with Gasteiger partial charge in [0, 0.05) is 10.5 Å². The minimum absolute atomic E-state index is 0.378. The average Bonchev–Trinajstić information content (AvgIpc) is 2.48. The van der Waals surface area contributed by atoms with Crippen LogP contribution in [0.5, 0.6) is 0 Å². The normalized spacial score (nSPS) is 21.7. The highest BCUT2D eigenvalue weighted by molar-refractivity contribution is 9.10. The van der Waals surface area contributed by atoms with Gasteiger partial charge in [-0.15, -0.1) is 0 Å². The summed E-state index contributed by atoms with van der Waals surface area (Å²) in [6, 6.07) is 7.43. The Kier molecular flexibility index (Phi) is 4.83. The van der Waals surface area contributed by atoms with Crippen LogP contribution in [-0.4, -0.2) is 24.2 Å². The molecule has 21 heavy (non-hydrogen) atoms. The van der Waals surface area contributed by atoms with E-state index in [2.05, 4.69) is 20.7 Å². The number of rotatable bonds is 3. The van der Waals surface area contributed by atoms with E-state index >= 15 is 0 Å². The van der Waals surface area contributed by atoms with Gasteiger partial charge in [-0.25, -0.2) is 4.79 Å². The van der Waals surface area contributed by atoms with Crippen LogP contribution in [0.1, 0.15) is 31.2 Å². The molecule has 0 amide bonds. The van der Waals surface area contributed by atoms with Gasteiger partial charge in [0.15, 0.2) is 0 Å². The van der Waals surface area contributed by atoms with Crippen LogP contribution in [0.2, 0.25) is 0 Å². The van der Waals surface area contributed by atoms with Crippen LogP contribution in [0.4, 0.5) is 0 Å². The van der Waals surface area contributed by atoms with Gasteiger partial charge in [0.25, 0.3) is 0 Å². The van der Waals surface area contributed by atoms with Crippen LogP contribution >= 0.6 is 15.9 Å². The maximum Gasteiger partial charge on any atom is 0.330 e. The first-order chi connectivity index (χ1) is 9.98. The number of allylic oxidation sites excluding steroid dienone is 1. The third kappa shape index (κ3) is 3.35. The van der Waals surface area contributed by atoms with Gasteiger partial charge in [0.05, 0.1) is 12.5 Å². The topological polar surface area (TPSA) is 63.6 Å². The number of halogens is 1. The van der Waals surface area contributed by atoms with E-state index in [9.17, 15) is 14.7 Å². The van der Waals surface area contributed by atoms with E-state index in [4.69, 9.17) is 0 Å². The molecular formula is C16H17BrO4. The van der Waals surface area contributed by atoms with Crippen molar-refractivity contribution < 1.29 is 19.4 Å². The largest absolute Gasteiger partial charge is 0.481 e. The molecule has 0 saturated heterocycles. The third-order valence-corrected chi connectivity index (χ3v) is 4.60. The monoisotopic (exact) mass is 352 g/mol. The lowest BCUT2D eigenvalue weighted by Gasteiger charge is -2.34. The van der Waals surface area contributed by atoms with E-state index in [1.807, 2.05) is 24.3 Å². The van der Waals surface area contributed by atoms with Crippen molar-refractivity contribution in [2.24, 2.45) is 0 Å². The van der Waals surface area contributed by atoms with Gasteiger partial charge in [-0.1, -0.05) is 33.6 Å². The number of benzene rings is 1. The van der Waals surface area contributed by atoms with Crippen molar-refractivity contribution in [1.82, 2.24) is 0 Å². The molecule has 0 spiro atoms. The first-order valence-electron chi connectivity index (χ1n) is 6.75. The first kappa shape index (κ1) is 15.8. The molecule has 2 rings (SSSR count). The molecule has 5 heteroatoms. The van der Waals surface area contributed by atoms with Gasteiger partial charge >= 0.3 is 11.9 Å².